The summed E-state index contributed by atoms with van der Waals surface area (Å²) in [7, 11) is 4.14. The van der Waals surface area contributed by atoms with Crippen LogP contribution in [0.25, 0.3) is 0 Å². The number of anilines is 1. The molecule has 2 heterocycles. The SMILES string of the molecule is Cc1cccc(N2CCC(C(=O)NCC(C)(C)CN(C)C)CC2)n1. The van der Waals surface area contributed by atoms with Crippen LogP contribution in [0.15, 0.2) is 18.2 Å². The summed E-state index contributed by atoms with van der Waals surface area (Å²) in [5.74, 6) is 1.36. The second-order valence-corrected chi connectivity index (χ2v) is 8.02. The zero-order valence-electron chi connectivity index (χ0n) is 15.8. The summed E-state index contributed by atoms with van der Waals surface area (Å²) in [6, 6.07) is 6.11. The first-order chi connectivity index (χ1) is 11.3. The first-order valence-electron chi connectivity index (χ1n) is 8.88. The second-order valence-electron chi connectivity index (χ2n) is 8.02. The Balaban J connectivity index is 1.80. The Hall–Kier alpha value is -1.62. The molecule has 1 aromatic heterocycles. The van der Waals surface area contributed by atoms with Gasteiger partial charge in [-0.15, -0.1) is 0 Å². The molecule has 0 radical (unpaired) electrons. The van der Waals surface area contributed by atoms with Crippen molar-refractivity contribution >= 4 is 11.7 Å². The normalized spacial score (nSPS) is 16.5. The fourth-order valence-electron chi connectivity index (χ4n) is 3.46. The van der Waals surface area contributed by atoms with Gasteiger partial charge in [-0.3, -0.25) is 4.79 Å². The Morgan fingerprint density at radius 3 is 2.58 bits per heavy atom. The highest BCUT2D eigenvalue weighted by molar-refractivity contribution is 5.79. The first-order valence-corrected chi connectivity index (χ1v) is 8.88. The highest BCUT2D eigenvalue weighted by Gasteiger charge is 2.27. The molecule has 1 saturated heterocycles. The van der Waals surface area contributed by atoms with Gasteiger partial charge in [0.05, 0.1) is 0 Å². The molecule has 1 amide bonds. The van der Waals surface area contributed by atoms with Crippen molar-refractivity contribution in [2.45, 2.75) is 33.6 Å². The first kappa shape index (κ1) is 18.7. The molecular formula is C19H32N4O. The van der Waals surface area contributed by atoms with Crippen LogP contribution in [-0.2, 0) is 4.79 Å². The maximum Gasteiger partial charge on any atom is 0.223 e. The van der Waals surface area contributed by atoms with Gasteiger partial charge >= 0.3 is 0 Å². The minimum absolute atomic E-state index is 0.0886. The van der Waals surface area contributed by atoms with Crippen molar-refractivity contribution in [1.82, 2.24) is 15.2 Å². The van der Waals surface area contributed by atoms with Gasteiger partial charge in [0, 0.05) is 37.8 Å². The van der Waals surface area contributed by atoms with Crippen LogP contribution in [0.3, 0.4) is 0 Å². The summed E-state index contributed by atoms with van der Waals surface area (Å²) in [5, 5.41) is 3.16. The van der Waals surface area contributed by atoms with E-state index in [0.29, 0.717) is 0 Å². The molecule has 24 heavy (non-hydrogen) atoms. The van der Waals surface area contributed by atoms with Crippen molar-refractivity contribution in [3.63, 3.8) is 0 Å². The summed E-state index contributed by atoms with van der Waals surface area (Å²) in [4.78, 5) is 21.5. The Kier molecular flexibility index (Phi) is 6.21. The van der Waals surface area contributed by atoms with E-state index >= 15 is 0 Å². The predicted molar refractivity (Wildman–Crippen MR) is 99.3 cm³/mol. The van der Waals surface area contributed by atoms with Crippen LogP contribution in [0.2, 0.25) is 0 Å². The topological polar surface area (TPSA) is 48.5 Å². The third-order valence-corrected chi connectivity index (χ3v) is 4.55. The van der Waals surface area contributed by atoms with Crippen LogP contribution in [0.1, 0.15) is 32.4 Å². The van der Waals surface area contributed by atoms with E-state index in [1.807, 2.05) is 19.1 Å². The number of carbonyl (C=O) groups excluding carboxylic acids is 1. The van der Waals surface area contributed by atoms with Gasteiger partial charge in [-0.1, -0.05) is 19.9 Å². The van der Waals surface area contributed by atoms with Gasteiger partial charge in [0.15, 0.2) is 0 Å². The number of nitrogens with zero attached hydrogens (tertiary/aromatic N) is 3. The van der Waals surface area contributed by atoms with Crippen molar-refractivity contribution < 1.29 is 4.79 Å². The standard InChI is InChI=1S/C19H32N4O/c1-15-7-6-8-17(21-15)23-11-9-16(10-12-23)18(24)20-13-19(2,3)14-22(4)5/h6-8,16H,9-14H2,1-5H3,(H,20,24). The maximum atomic E-state index is 12.5. The van der Waals surface area contributed by atoms with Crippen molar-refractivity contribution in [1.29, 1.82) is 0 Å². The number of hydrogen-bond acceptors (Lipinski definition) is 4. The minimum Gasteiger partial charge on any atom is -0.357 e. The number of piperidine rings is 1. The van der Waals surface area contributed by atoms with Crippen LogP contribution in [0, 0.1) is 18.3 Å². The molecule has 0 aliphatic carbocycles. The Morgan fingerprint density at radius 2 is 2.00 bits per heavy atom. The van der Waals surface area contributed by atoms with Crippen LogP contribution in [-0.4, -0.2) is 56.1 Å². The largest absolute Gasteiger partial charge is 0.357 e. The molecule has 0 unspecified atom stereocenters. The quantitative estimate of drug-likeness (QED) is 0.868. The number of amides is 1. The molecule has 2 rings (SSSR count). The molecular weight excluding hydrogens is 300 g/mol. The van der Waals surface area contributed by atoms with Crippen LogP contribution in [0.5, 0.6) is 0 Å². The Labute approximate surface area is 146 Å². The van der Waals surface area contributed by atoms with E-state index in [0.717, 1.165) is 50.5 Å². The van der Waals surface area contributed by atoms with E-state index in [1.165, 1.54) is 0 Å². The van der Waals surface area contributed by atoms with Gasteiger partial charge in [-0.05, 0) is 51.4 Å². The number of aromatic nitrogens is 1. The molecule has 1 fully saturated rings. The third-order valence-electron chi connectivity index (χ3n) is 4.55. The van der Waals surface area contributed by atoms with Crippen LogP contribution >= 0.6 is 0 Å². The number of rotatable bonds is 6. The molecule has 5 heteroatoms. The number of hydrogen-bond donors (Lipinski definition) is 1. The lowest BCUT2D eigenvalue weighted by Gasteiger charge is -2.33. The summed E-state index contributed by atoms with van der Waals surface area (Å²) in [6.07, 6.45) is 1.80. The van der Waals surface area contributed by atoms with Gasteiger partial charge in [0.2, 0.25) is 5.91 Å². The van der Waals surface area contributed by atoms with E-state index in [9.17, 15) is 4.79 Å². The number of carbonyl (C=O) groups is 1. The van der Waals surface area contributed by atoms with E-state index in [-0.39, 0.29) is 17.2 Å². The second kappa shape index (κ2) is 7.97. The van der Waals surface area contributed by atoms with Crippen molar-refractivity contribution in [3.8, 4) is 0 Å². The molecule has 1 aliphatic heterocycles. The zero-order valence-corrected chi connectivity index (χ0v) is 15.8. The van der Waals surface area contributed by atoms with E-state index < -0.39 is 0 Å². The van der Waals surface area contributed by atoms with Gasteiger partial charge in [0.1, 0.15) is 5.82 Å². The zero-order chi connectivity index (χ0) is 17.7. The average molecular weight is 332 g/mol. The molecule has 0 spiro atoms. The highest BCUT2D eigenvalue weighted by atomic mass is 16.1. The van der Waals surface area contributed by atoms with E-state index in [4.69, 9.17) is 0 Å². The van der Waals surface area contributed by atoms with Crippen LogP contribution < -0.4 is 10.2 Å². The van der Waals surface area contributed by atoms with E-state index in [2.05, 4.69) is 54.1 Å². The maximum absolute atomic E-state index is 12.5. The fourth-order valence-corrected chi connectivity index (χ4v) is 3.46. The molecule has 0 bridgehead atoms. The molecule has 0 saturated carbocycles. The van der Waals surface area contributed by atoms with E-state index in [1.54, 1.807) is 0 Å². The Bertz CT molecular complexity index is 548. The number of pyridine rings is 1. The van der Waals surface area contributed by atoms with Crippen molar-refractivity contribution in [3.05, 3.63) is 23.9 Å². The monoisotopic (exact) mass is 332 g/mol. The molecule has 1 N–H and O–H groups in total. The lowest BCUT2D eigenvalue weighted by atomic mass is 9.91. The van der Waals surface area contributed by atoms with Gasteiger partial charge < -0.3 is 15.1 Å². The smallest absolute Gasteiger partial charge is 0.223 e. The predicted octanol–water partition coefficient (Wildman–Crippen LogP) is 2.31. The average Bonchev–Trinajstić information content (AvgIpc) is 2.52. The minimum atomic E-state index is 0.0886. The van der Waals surface area contributed by atoms with Crippen molar-refractivity contribution in [2.75, 3.05) is 45.2 Å². The number of aryl methyl sites for hydroxylation is 1. The molecule has 1 aromatic rings. The molecule has 5 nitrogen and oxygen atoms in total. The highest BCUT2D eigenvalue weighted by Crippen LogP contribution is 2.22. The molecule has 0 aromatic carbocycles. The summed E-state index contributed by atoms with van der Waals surface area (Å²) in [5.41, 5.74) is 1.13. The van der Waals surface area contributed by atoms with Gasteiger partial charge in [0.25, 0.3) is 0 Å². The van der Waals surface area contributed by atoms with Gasteiger partial charge in [-0.25, -0.2) is 4.98 Å². The van der Waals surface area contributed by atoms with Crippen molar-refractivity contribution in [2.24, 2.45) is 11.3 Å². The summed E-state index contributed by atoms with van der Waals surface area (Å²) < 4.78 is 0. The number of nitrogens with one attached hydrogen (secondary N) is 1. The molecule has 0 atom stereocenters. The molecule has 1 aliphatic rings. The van der Waals surface area contributed by atoms with Crippen LogP contribution in [0.4, 0.5) is 5.82 Å². The van der Waals surface area contributed by atoms with Gasteiger partial charge in [-0.2, -0.15) is 0 Å². The lowest BCUT2D eigenvalue weighted by molar-refractivity contribution is -0.126. The summed E-state index contributed by atoms with van der Waals surface area (Å²) >= 11 is 0. The lowest BCUT2D eigenvalue weighted by Crippen LogP contribution is -2.45. The molecule has 134 valence electrons. The Morgan fingerprint density at radius 1 is 1.33 bits per heavy atom. The summed E-state index contributed by atoms with van der Waals surface area (Å²) in [6.45, 7) is 9.89. The third kappa shape index (κ3) is 5.48. The fraction of sp³-hybridized carbons (Fsp3) is 0.684.